The first-order valence-corrected chi connectivity index (χ1v) is 7.01. The van der Waals surface area contributed by atoms with Crippen molar-refractivity contribution in [2.45, 2.75) is 6.04 Å². The molecule has 0 saturated heterocycles. The third-order valence-electron chi connectivity index (χ3n) is 2.27. The van der Waals surface area contributed by atoms with Gasteiger partial charge in [-0.05, 0) is 39.7 Å². The van der Waals surface area contributed by atoms with E-state index < -0.39 is 5.82 Å². The van der Waals surface area contributed by atoms with Crippen molar-refractivity contribution in [3.63, 3.8) is 0 Å². The highest BCUT2D eigenvalue weighted by Crippen LogP contribution is 2.36. The molecule has 2 rings (SSSR count). The van der Waals surface area contributed by atoms with Crippen molar-refractivity contribution in [3.8, 4) is 0 Å². The Morgan fingerprint density at radius 1 is 1.29 bits per heavy atom. The second-order valence-corrected chi connectivity index (χ2v) is 6.37. The Morgan fingerprint density at radius 3 is 2.53 bits per heavy atom. The van der Waals surface area contributed by atoms with Crippen LogP contribution in [0.25, 0.3) is 0 Å². The van der Waals surface area contributed by atoms with Crippen molar-refractivity contribution in [1.82, 2.24) is 0 Å². The molecule has 6 heteroatoms. The molecule has 0 fully saturated rings. The fourth-order valence-electron chi connectivity index (χ4n) is 1.39. The second-order valence-electron chi connectivity index (χ2n) is 3.42. The maximum Gasteiger partial charge on any atom is 0.141 e. The topological polar surface area (TPSA) is 26.0 Å². The smallest absolute Gasteiger partial charge is 0.141 e. The lowest BCUT2D eigenvalue weighted by molar-refractivity contribution is 0.627. The van der Waals surface area contributed by atoms with Gasteiger partial charge in [-0.1, -0.05) is 29.3 Å². The van der Waals surface area contributed by atoms with Crippen LogP contribution in [0.2, 0.25) is 9.36 Å². The summed E-state index contributed by atoms with van der Waals surface area (Å²) in [4.78, 5) is 0.893. The Kier molecular flexibility index (Phi) is 4.10. The van der Waals surface area contributed by atoms with Gasteiger partial charge in [-0.15, -0.1) is 11.3 Å². The third-order valence-corrected chi connectivity index (χ3v) is 5.12. The summed E-state index contributed by atoms with van der Waals surface area (Å²) in [5, 5.41) is 0.0691. The average molecular weight is 355 g/mol. The van der Waals surface area contributed by atoms with E-state index in [4.69, 9.17) is 28.9 Å². The lowest BCUT2D eigenvalue weighted by Crippen LogP contribution is -2.10. The van der Waals surface area contributed by atoms with Crippen molar-refractivity contribution in [2.75, 3.05) is 0 Å². The van der Waals surface area contributed by atoms with Crippen LogP contribution >= 0.6 is 50.5 Å². The van der Waals surface area contributed by atoms with Gasteiger partial charge in [-0.25, -0.2) is 4.39 Å². The van der Waals surface area contributed by atoms with Gasteiger partial charge >= 0.3 is 0 Å². The van der Waals surface area contributed by atoms with Gasteiger partial charge in [0.25, 0.3) is 0 Å². The Hall–Kier alpha value is -0.130. The summed E-state index contributed by atoms with van der Waals surface area (Å²) in [5.74, 6) is -0.451. The summed E-state index contributed by atoms with van der Waals surface area (Å²) >= 11 is 16.4. The van der Waals surface area contributed by atoms with Crippen molar-refractivity contribution in [3.05, 3.63) is 54.4 Å². The van der Waals surface area contributed by atoms with Gasteiger partial charge < -0.3 is 5.73 Å². The average Bonchev–Trinajstić information content (AvgIpc) is 2.62. The summed E-state index contributed by atoms with van der Waals surface area (Å²) in [6, 6.07) is 5.95. The summed E-state index contributed by atoms with van der Waals surface area (Å²) in [6.07, 6.45) is 0. The molecule has 1 aromatic heterocycles. The van der Waals surface area contributed by atoms with Gasteiger partial charge in [0.05, 0.1) is 11.1 Å². The third kappa shape index (κ3) is 2.83. The minimum atomic E-state index is -0.451. The summed E-state index contributed by atoms with van der Waals surface area (Å²) < 4.78 is 14.5. The number of benzene rings is 1. The minimum absolute atomic E-state index is 0.0691. The maximum absolute atomic E-state index is 13.0. The molecule has 1 aromatic carbocycles. The number of hydrogen-bond donors (Lipinski definition) is 1. The number of hydrogen-bond acceptors (Lipinski definition) is 2. The Balaban J connectivity index is 2.36. The summed E-state index contributed by atoms with van der Waals surface area (Å²) in [5.41, 5.74) is 6.82. The van der Waals surface area contributed by atoms with Crippen LogP contribution in [0.1, 0.15) is 16.5 Å². The molecular formula is C11H7BrCl2FNS. The monoisotopic (exact) mass is 353 g/mol. The molecule has 0 radical (unpaired) electrons. The van der Waals surface area contributed by atoms with Crippen LogP contribution in [-0.2, 0) is 0 Å². The van der Waals surface area contributed by atoms with Crippen LogP contribution in [0.4, 0.5) is 4.39 Å². The second kappa shape index (κ2) is 5.24. The number of rotatable bonds is 2. The molecule has 0 aliphatic rings. The molecule has 90 valence electrons. The number of nitrogens with two attached hydrogens (primary N) is 1. The maximum atomic E-state index is 13.0. The molecular weight excluding hydrogens is 348 g/mol. The van der Waals surface area contributed by atoms with Crippen molar-refractivity contribution in [1.29, 1.82) is 0 Å². The molecule has 0 bridgehead atoms. The van der Waals surface area contributed by atoms with Crippen LogP contribution in [0.5, 0.6) is 0 Å². The molecule has 2 aromatic rings. The van der Waals surface area contributed by atoms with Crippen LogP contribution in [0.15, 0.2) is 28.7 Å². The van der Waals surface area contributed by atoms with E-state index in [-0.39, 0.29) is 11.1 Å². The highest BCUT2D eigenvalue weighted by atomic mass is 79.9. The largest absolute Gasteiger partial charge is 0.320 e. The van der Waals surface area contributed by atoms with E-state index in [0.717, 1.165) is 14.9 Å². The highest BCUT2D eigenvalue weighted by molar-refractivity contribution is 9.10. The minimum Gasteiger partial charge on any atom is -0.320 e. The zero-order chi connectivity index (χ0) is 12.6. The summed E-state index contributed by atoms with van der Waals surface area (Å²) in [7, 11) is 0. The van der Waals surface area contributed by atoms with Crippen molar-refractivity contribution < 1.29 is 4.39 Å². The molecule has 1 heterocycles. The SMILES string of the molecule is NC(c1ccc(F)c(Cl)c1)c1cc(Br)c(Cl)s1. The zero-order valence-corrected chi connectivity index (χ0v) is 12.3. The summed E-state index contributed by atoms with van der Waals surface area (Å²) in [6.45, 7) is 0. The van der Waals surface area contributed by atoms with Crippen LogP contribution in [-0.4, -0.2) is 0 Å². The normalized spacial score (nSPS) is 12.8. The van der Waals surface area contributed by atoms with Gasteiger partial charge in [0, 0.05) is 9.35 Å². The van der Waals surface area contributed by atoms with E-state index in [2.05, 4.69) is 15.9 Å². The standard InChI is InChI=1S/C11H7BrCl2FNS/c12-6-4-9(17-11(6)14)10(16)5-1-2-8(15)7(13)3-5/h1-4,10H,16H2. The lowest BCUT2D eigenvalue weighted by Gasteiger charge is -2.10. The van der Waals surface area contributed by atoms with Crippen molar-refractivity contribution in [2.24, 2.45) is 5.73 Å². The Labute approximate surface area is 120 Å². The Bertz CT molecular complexity index is 539. The Morgan fingerprint density at radius 2 is 2.00 bits per heavy atom. The van der Waals surface area contributed by atoms with E-state index >= 15 is 0 Å². The molecule has 0 aliphatic heterocycles. The molecule has 2 N–H and O–H groups in total. The molecule has 0 saturated carbocycles. The predicted octanol–water partition coefficient (Wildman–Crippen LogP) is 5.00. The first-order valence-electron chi connectivity index (χ1n) is 4.64. The zero-order valence-electron chi connectivity index (χ0n) is 8.38. The van der Waals surface area contributed by atoms with E-state index in [1.165, 1.54) is 23.5 Å². The van der Waals surface area contributed by atoms with Crippen molar-refractivity contribution >= 4 is 50.5 Å². The van der Waals surface area contributed by atoms with Gasteiger partial charge in [0.1, 0.15) is 10.2 Å². The van der Waals surface area contributed by atoms with E-state index in [0.29, 0.717) is 4.34 Å². The van der Waals surface area contributed by atoms with E-state index in [9.17, 15) is 4.39 Å². The molecule has 17 heavy (non-hydrogen) atoms. The number of halogens is 4. The molecule has 0 spiro atoms. The van der Waals surface area contributed by atoms with Crippen LogP contribution in [0, 0.1) is 5.82 Å². The van der Waals surface area contributed by atoms with Gasteiger partial charge in [0.15, 0.2) is 0 Å². The predicted molar refractivity (Wildman–Crippen MR) is 74.5 cm³/mol. The fraction of sp³-hybridized carbons (Fsp3) is 0.0909. The highest BCUT2D eigenvalue weighted by Gasteiger charge is 2.15. The molecule has 1 unspecified atom stereocenters. The van der Waals surface area contributed by atoms with E-state index in [1.54, 1.807) is 6.07 Å². The van der Waals surface area contributed by atoms with E-state index in [1.807, 2.05) is 6.07 Å². The van der Waals surface area contributed by atoms with Crippen LogP contribution in [0.3, 0.4) is 0 Å². The quantitative estimate of drug-likeness (QED) is 0.806. The van der Waals surface area contributed by atoms with Gasteiger partial charge in [-0.2, -0.15) is 0 Å². The number of thiophene rings is 1. The lowest BCUT2D eigenvalue weighted by atomic mass is 10.1. The first kappa shape index (κ1) is 13.3. The molecule has 1 nitrogen and oxygen atoms in total. The first-order chi connectivity index (χ1) is 7.99. The van der Waals surface area contributed by atoms with Gasteiger partial charge in [-0.3, -0.25) is 0 Å². The molecule has 0 aliphatic carbocycles. The van der Waals surface area contributed by atoms with Crippen LogP contribution < -0.4 is 5.73 Å². The van der Waals surface area contributed by atoms with Gasteiger partial charge in [0.2, 0.25) is 0 Å². The molecule has 1 atom stereocenters. The molecule has 0 amide bonds. The fourth-order valence-corrected chi connectivity index (χ4v) is 3.34.